The molecule has 0 spiro atoms. The first-order chi connectivity index (χ1) is 16.9. The number of benzene rings is 1. The fourth-order valence-electron chi connectivity index (χ4n) is 4.59. The monoisotopic (exact) mass is 476 g/mol. The van der Waals surface area contributed by atoms with E-state index in [-0.39, 0.29) is 24.7 Å². The van der Waals surface area contributed by atoms with Gasteiger partial charge in [0.2, 0.25) is 0 Å². The van der Waals surface area contributed by atoms with Gasteiger partial charge in [-0.15, -0.1) is 0 Å². The van der Waals surface area contributed by atoms with E-state index in [0.717, 1.165) is 42.5 Å². The molecule has 1 aliphatic rings. The number of fused-ring (bicyclic) bond motifs is 1. The van der Waals surface area contributed by atoms with Crippen LogP contribution in [-0.4, -0.2) is 45.7 Å². The van der Waals surface area contributed by atoms with E-state index >= 15 is 0 Å². The quantitative estimate of drug-likeness (QED) is 0.426. The molecule has 3 aromatic rings. The maximum Gasteiger partial charge on any atom is 0.308 e. The van der Waals surface area contributed by atoms with E-state index in [0.29, 0.717) is 16.8 Å². The van der Waals surface area contributed by atoms with Crippen LogP contribution < -0.4 is 10.6 Å². The predicted octanol–water partition coefficient (Wildman–Crippen LogP) is 3.27. The molecule has 10 heteroatoms. The first kappa shape index (κ1) is 24.0. The summed E-state index contributed by atoms with van der Waals surface area (Å²) in [6.07, 6.45) is 4.12. The summed E-state index contributed by atoms with van der Waals surface area (Å²) in [4.78, 5) is 37.0. The van der Waals surface area contributed by atoms with Gasteiger partial charge in [0.1, 0.15) is 11.9 Å². The van der Waals surface area contributed by atoms with E-state index < -0.39 is 24.4 Å². The molecule has 182 valence electrons. The first-order valence-electron chi connectivity index (χ1n) is 11.7. The van der Waals surface area contributed by atoms with Gasteiger partial charge in [0.05, 0.1) is 17.5 Å². The molecule has 2 aromatic heterocycles. The minimum atomic E-state index is -0.619. The maximum absolute atomic E-state index is 12.5. The average Bonchev–Trinajstić information content (AvgIpc) is 3.57. The van der Waals surface area contributed by atoms with Crippen LogP contribution in [0.5, 0.6) is 0 Å². The summed E-state index contributed by atoms with van der Waals surface area (Å²) in [6.45, 7) is 3.39. The molecule has 2 heterocycles. The Labute approximate surface area is 202 Å². The van der Waals surface area contributed by atoms with Gasteiger partial charge in [-0.2, -0.15) is 10.4 Å². The van der Waals surface area contributed by atoms with E-state index in [9.17, 15) is 19.6 Å². The molecule has 2 amide bonds. The van der Waals surface area contributed by atoms with Gasteiger partial charge >= 0.3 is 5.97 Å². The predicted molar refractivity (Wildman–Crippen MR) is 129 cm³/mol. The number of nitriles is 1. The lowest BCUT2D eigenvalue weighted by Crippen LogP contribution is -2.28. The van der Waals surface area contributed by atoms with E-state index in [1.165, 1.54) is 0 Å². The zero-order chi connectivity index (χ0) is 24.9. The Kier molecular flexibility index (Phi) is 7.15. The summed E-state index contributed by atoms with van der Waals surface area (Å²) in [5, 5.41) is 22.5. The molecule has 1 saturated carbocycles. The Morgan fingerprint density at radius 3 is 2.71 bits per heavy atom. The summed E-state index contributed by atoms with van der Waals surface area (Å²) in [6, 6.07) is 9.67. The fraction of sp³-hybridized carbons (Fsp3) is 0.400. The van der Waals surface area contributed by atoms with Crippen LogP contribution in [0.1, 0.15) is 65.5 Å². The highest BCUT2D eigenvalue weighted by Crippen LogP contribution is 2.37. The van der Waals surface area contributed by atoms with Crippen LogP contribution in [0.3, 0.4) is 0 Å². The summed E-state index contributed by atoms with van der Waals surface area (Å²) in [7, 11) is 0. The molecular weight excluding hydrogens is 448 g/mol. The number of nitrogens with zero attached hydrogens (tertiary/aromatic N) is 3. The number of H-pyrrole nitrogens is 1. The average molecular weight is 477 g/mol. The molecule has 0 atom stereocenters. The highest BCUT2D eigenvalue weighted by molar-refractivity contribution is 6.04. The minimum Gasteiger partial charge on any atom is -0.456 e. The SMILES string of the molecule is Cc1c(C#N)c(NC(=O)COC(=O)CCNC(=O)c2n[nH]c3ccccc23)n(C2CCCC2)c1C. The smallest absolute Gasteiger partial charge is 0.308 e. The third-order valence-electron chi connectivity index (χ3n) is 6.48. The Morgan fingerprint density at radius 1 is 1.23 bits per heavy atom. The van der Waals surface area contributed by atoms with Crippen LogP contribution in [0.15, 0.2) is 24.3 Å². The standard InChI is InChI=1S/C25H28N6O4/c1-15-16(2)31(17-7-3-4-8-17)24(19(15)13-26)28-21(32)14-35-22(33)11-12-27-25(34)23-18-9-5-6-10-20(18)29-30-23/h5-6,9-10,17H,3-4,7-8,11-12,14H2,1-2H3,(H,27,34)(H,28,32)(H,29,30). The molecule has 0 radical (unpaired) electrons. The minimum absolute atomic E-state index is 0.0436. The molecule has 10 nitrogen and oxygen atoms in total. The Bertz CT molecular complexity index is 1310. The van der Waals surface area contributed by atoms with Gasteiger partial charge in [0.25, 0.3) is 11.8 Å². The van der Waals surface area contributed by atoms with Crippen LogP contribution in [-0.2, 0) is 14.3 Å². The van der Waals surface area contributed by atoms with Gasteiger partial charge in [0, 0.05) is 23.7 Å². The number of aromatic amines is 1. The Morgan fingerprint density at radius 2 is 1.97 bits per heavy atom. The van der Waals surface area contributed by atoms with Crippen LogP contribution in [0.4, 0.5) is 5.82 Å². The third-order valence-corrected chi connectivity index (χ3v) is 6.48. The van der Waals surface area contributed by atoms with Crippen molar-refractivity contribution < 1.29 is 19.1 Å². The second kappa shape index (κ2) is 10.4. The molecular formula is C25H28N6O4. The number of para-hydroxylation sites is 1. The van der Waals surface area contributed by atoms with Crippen molar-refractivity contribution in [2.45, 2.75) is 52.0 Å². The number of hydrogen-bond donors (Lipinski definition) is 3. The van der Waals surface area contributed by atoms with Gasteiger partial charge in [-0.05, 0) is 38.3 Å². The molecule has 1 aromatic carbocycles. The lowest BCUT2D eigenvalue weighted by Gasteiger charge is -2.19. The van der Waals surface area contributed by atoms with Gasteiger partial charge in [0.15, 0.2) is 12.3 Å². The van der Waals surface area contributed by atoms with E-state index in [1.54, 1.807) is 6.07 Å². The van der Waals surface area contributed by atoms with Crippen molar-refractivity contribution in [3.63, 3.8) is 0 Å². The van der Waals surface area contributed by atoms with Crippen LogP contribution in [0.2, 0.25) is 0 Å². The summed E-state index contributed by atoms with van der Waals surface area (Å²) in [5.41, 5.74) is 3.22. The van der Waals surface area contributed by atoms with Gasteiger partial charge in [-0.25, -0.2) is 0 Å². The normalized spacial score (nSPS) is 13.5. The Hall–Kier alpha value is -4.13. The number of hydrogen-bond acceptors (Lipinski definition) is 6. The van der Waals surface area contributed by atoms with Crippen LogP contribution in [0, 0.1) is 25.2 Å². The zero-order valence-electron chi connectivity index (χ0n) is 19.8. The van der Waals surface area contributed by atoms with Crippen molar-refractivity contribution in [3.05, 3.63) is 46.8 Å². The van der Waals surface area contributed by atoms with E-state index in [4.69, 9.17) is 4.74 Å². The van der Waals surface area contributed by atoms with Crippen LogP contribution in [0.25, 0.3) is 10.9 Å². The van der Waals surface area contributed by atoms with Gasteiger partial charge < -0.3 is 19.9 Å². The maximum atomic E-state index is 12.5. The highest BCUT2D eigenvalue weighted by Gasteiger charge is 2.27. The number of ether oxygens (including phenoxy) is 1. The number of carbonyl (C=O) groups is 3. The fourth-order valence-corrected chi connectivity index (χ4v) is 4.59. The number of amides is 2. The number of aromatic nitrogens is 3. The second-order valence-corrected chi connectivity index (χ2v) is 8.69. The van der Waals surface area contributed by atoms with Crippen molar-refractivity contribution in [1.82, 2.24) is 20.1 Å². The molecule has 0 bridgehead atoms. The van der Waals surface area contributed by atoms with Crippen molar-refractivity contribution in [2.75, 3.05) is 18.5 Å². The van der Waals surface area contributed by atoms with Gasteiger partial charge in [-0.3, -0.25) is 19.5 Å². The van der Waals surface area contributed by atoms with Crippen molar-refractivity contribution >= 4 is 34.5 Å². The number of anilines is 1. The number of rotatable bonds is 8. The first-order valence-corrected chi connectivity index (χ1v) is 11.7. The lowest BCUT2D eigenvalue weighted by molar-refractivity contribution is -0.147. The van der Waals surface area contributed by atoms with E-state index in [2.05, 4.69) is 26.9 Å². The van der Waals surface area contributed by atoms with Crippen molar-refractivity contribution in [1.29, 1.82) is 5.26 Å². The number of carbonyl (C=O) groups excluding carboxylic acids is 3. The second-order valence-electron chi connectivity index (χ2n) is 8.69. The Balaban J connectivity index is 1.28. The summed E-state index contributed by atoms with van der Waals surface area (Å²) >= 11 is 0. The topological polar surface area (TPSA) is 142 Å². The van der Waals surface area contributed by atoms with Gasteiger partial charge in [-0.1, -0.05) is 31.0 Å². The molecule has 3 N–H and O–H groups in total. The molecule has 35 heavy (non-hydrogen) atoms. The lowest BCUT2D eigenvalue weighted by atomic mass is 10.2. The molecule has 4 rings (SSSR count). The number of esters is 1. The summed E-state index contributed by atoms with van der Waals surface area (Å²) in [5.74, 6) is -1.07. The molecule has 0 aliphatic heterocycles. The zero-order valence-corrected chi connectivity index (χ0v) is 19.8. The molecule has 0 saturated heterocycles. The van der Waals surface area contributed by atoms with Crippen molar-refractivity contribution in [2.24, 2.45) is 0 Å². The summed E-state index contributed by atoms with van der Waals surface area (Å²) < 4.78 is 7.12. The highest BCUT2D eigenvalue weighted by atomic mass is 16.5. The van der Waals surface area contributed by atoms with Crippen LogP contribution >= 0.6 is 0 Å². The van der Waals surface area contributed by atoms with Crippen molar-refractivity contribution in [3.8, 4) is 6.07 Å². The number of nitrogens with one attached hydrogen (secondary N) is 3. The molecule has 0 unspecified atom stereocenters. The molecule has 1 fully saturated rings. The third kappa shape index (κ3) is 5.04. The largest absolute Gasteiger partial charge is 0.456 e. The molecule has 1 aliphatic carbocycles. The van der Waals surface area contributed by atoms with E-state index in [1.807, 2.05) is 36.6 Å².